The number of furan rings is 1. The Bertz CT molecular complexity index is 805. The van der Waals surface area contributed by atoms with E-state index in [-0.39, 0.29) is 17.9 Å². The summed E-state index contributed by atoms with van der Waals surface area (Å²) in [6.07, 6.45) is 1.68. The molecule has 1 N–H and O–H groups in total. The Hall–Kier alpha value is -2.19. The van der Waals surface area contributed by atoms with Gasteiger partial charge in [-0.15, -0.1) is 0 Å². The number of aryl methyl sites for hydroxylation is 3. The molecule has 2 aromatic rings. The molecule has 8 heteroatoms. The molecule has 1 aliphatic rings. The highest BCUT2D eigenvalue weighted by Gasteiger charge is 2.14. The van der Waals surface area contributed by atoms with Gasteiger partial charge in [0, 0.05) is 44.7 Å². The maximum atomic E-state index is 12.5. The van der Waals surface area contributed by atoms with Crippen LogP contribution in [0.3, 0.4) is 0 Å². The highest BCUT2D eigenvalue weighted by Crippen LogP contribution is 2.18. The van der Waals surface area contributed by atoms with Gasteiger partial charge in [-0.3, -0.25) is 19.1 Å². The standard InChI is InChI=1S/C17H24N4O4/c1-12-13(2)25-16-15(12)17(23)21(11-19-16)5-3-14(22)18-4-6-20-7-9-24-10-8-20/h11H,3-10H2,1-2H3,(H,18,22). The summed E-state index contributed by atoms with van der Waals surface area (Å²) in [5.41, 5.74) is 0.989. The summed E-state index contributed by atoms with van der Waals surface area (Å²) >= 11 is 0. The van der Waals surface area contributed by atoms with Crippen molar-refractivity contribution in [3.05, 3.63) is 28.0 Å². The Labute approximate surface area is 145 Å². The molecule has 3 rings (SSSR count). The molecule has 0 bridgehead atoms. The summed E-state index contributed by atoms with van der Waals surface area (Å²) in [6.45, 7) is 8.67. The molecular weight excluding hydrogens is 324 g/mol. The summed E-state index contributed by atoms with van der Waals surface area (Å²) in [4.78, 5) is 30.9. The normalized spacial score (nSPS) is 15.6. The Morgan fingerprint density at radius 2 is 2.04 bits per heavy atom. The second-order valence-corrected chi connectivity index (χ2v) is 6.26. The molecule has 1 aliphatic heterocycles. The second kappa shape index (κ2) is 7.79. The van der Waals surface area contributed by atoms with Crippen LogP contribution in [0.4, 0.5) is 0 Å². The lowest BCUT2D eigenvalue weighted by molar-refractivity contribution is -0.121. The monoisotopic (exact) mass is 348 g/mol. The lowest BCUT2D eigenvalue weighted by Gasteiger charge is -2.26. The van der Waals surface area contributed by atoms with E-state index in [4.69, 9.17) is 9.15 Å². The minimum absolute atomic E-state index is 0.0691. The first kappa shape index (κ1) is 17.6. The van der Waals surface area contributed by atoms with Gasteiger partial charge in [-0.05, 0) is 13.8 Å². The number of amides is 1. The van der Waals surface area contributed by atoms with Gasteiger partial charge in [-0.1, -0.05) is 0 Å². The van der Waals surface area contributed by atoms with Crippen molar-refractivity contribution in [2.75, 3.05) is 39.4 Å². The third-order valence-electron chi connectivity index (χ3n) is 4.59. The van der Waals surface area contributed by atoms with Crippen molar-refractivity contribution in [1.82, 2.24) is 19.8 Å². The minimum Gasteiger partial charge on any atom is -0.443 e. The number of fused-ring (bicyclic) bond motifs is 1. The number of hydrogen-bond donors (Lipinski definition) is 1. The van der Waals surface area contributed by atoms with Gasteiger partial charge in [0.2, 0.25) is 11.6 Å². The molecule has 0 aromatic carbocycles. The van der Waals surface area contributed by atoms with Crippen LogP contribution in [-0.4, -0.2) is 59.8 Å². The number of morpholine rings is 1. The molecule has 0 atom stereocenters. The van der Waals surface area contributed by atoms with Crippen LogP contribution < -0.4 is 10.9 Å². The van der Waals surface area contributed by atoms with Gasteiger partial charge in [-0.25, -0.2) is 4.98 Å². The molecule has 136 valence electrons. The number of hydrogen-bond acceptors (Lipinski definition) is 6. The number of aromatic nitrogens is 2. The van der Waals surface area contributed by atoms with Gasteiger partial charge in [0.15, 0.2) is 0 Å². The lowest BCUT2D eigenvalue weighted by atomic mass is 10.2. The minimum atomic E-state index is -0.166. The molecule has 0 spiro atoms. The quantitative estimate of drug-likeness (QED) is 0.815. The smallest absolute Gasteiger partial charge is 0.264 e. The lowest BCUT2D eigenvalue weighted by Crippen LogP contribution is -2.41. The van der Waals surface area contributed by atoms with Gasteiger partial charge in [-0.2, -0.15) is 0 Å². The van der Waals surface area contributed by atoms with Crippen molar-refractivity contribution in [2.45, 2.75) is 26.8 Å². The first-order chi connectivity index (χ1) is 12.1. The summed E-state index contributed by atoms with van der Waals surface area (Å²) < 4.78 is 12.2. The molecule has 25 heavy (non-hydrogen) atoms. The first-order valence-electron chi connectivity index (χ1n) is 8.58. The largest absolute Gasteiger partial charge is 0.443 e. The second-order valence-electron chi connectivity index (χ2n) is 6.26. The Kier molecular flexibility index (Phi) is 5.50. The summed E-state index contributed by atoms with van der Waals surface area (Å²) in [7, 11) is 0. The van der Waals surface area contributed by atoms with Crippen molar-refractivity contribution in [1.29, 1.82) is 0 Å². The van der Waals surface area contributed by atoms with Gasteiger partial charge in [0.25, 0.3) is 5.56 Å². The number of carbonyl (C=O) groups excluding carboxylic acids is 1. The highest BCUT2D eigenvalue weighted by atomic mass is 16.5. The SMILES string of the molecule is Cc1oc2ncn(CCC(=O)NCCN3CCOCC3)c(=O)c2c1C. The van der Waals surface area contributed by atoms with Crippen molar-refractivity contribution in [3.63, 3.8) is 0 Å². The Morgan fingerprint density at radius 1 is 1.28 bits per heavy atom. The zero-order chi connectivity index (χ0) is 17.8. The topological polar surface area (TPSA) is 89.6 Å². The van der Waals surface area contributed by atoms with Gasteiger partial charge < -0.3 is 14.5 Å². The highest BCUT2D eigenvalue weighted by molar-refractivity contribution is 5.77. The fourth-order valence-electron chi connectivity index (χ4n) is 2.92. The van der Waals surface area contributed by atoms with Crippen LogP contribution in [0.1, 0.15) is 17.7 Å². The predicted octanol–water partition coefficient (Wildman–Crippen LogP) is 0.445. The average molecular weight is 348 g/mol. The first-order valence-corrected chi connectivity index (χ1v) is 8.58. The van der Waals surface area contributed by atoms with E-state index >= 15 is 0 Å². The third-order valence-corrected chi connectivity index (χ3v) is 4.59. The Balaban J connectivity index is 1.52. The maximum Gasteiger partial charge on any atom is 0.264 e. The average Bonchev–Trinajstić information content (AvgIpc) is 2.90. The summed E-state index contributed by atoms with van der Waals surface area (Å²) in [5.74, 6) is 0.624. The van der Waals surface area contributed by atoms with Crippen molar-refractivity contribution < 1.29 is 13.9 Å². The number of nitrogens with zero attached hydrogens (tertiary/aromatic N) is 3. The van der Waals surface area contributed by atoms with Crippen LogP contribution in [0.5, 0.6) is 0 Å². The van der Waals surface area contributed by atoms with Crippen LogP contribution in [0.15, 0.2) is 15.5 Å². The van der Waals surface area contributed by atoms with Gasteiger partial charge in [0.05, 0.1) is 13.2 Å². The molecule has 8 nitrogen and oxygen atoms in total. The number of nitrogens with one attached hydrogen (secondary N) is 1. The van der Waals surface area contributed by atoms with Crippen LogP contribution >= 0.6 is 0 Å². The molecule has 0 aliphatic carbocycles. The maximum absolute atomic E-state index is 12.5. The van der Waals surface area contributed by atoms with E-state index in [2.05, 4.69) is 15.2 Å². The molecule has 1 fully saturated rings. The van der Waals surface area contributed by atoms with Gasteiger partial charge >= 0.3 is 0 Å². The molecule has 0 unspecified atom stereocenters. The van der Waals surface area contributed by atoms with E-state index in [1.807, 2.05) is 13.8 Å². The van der Waals surface area contributed by atoms with Crippen LogP contribution in [0.25, 0.3) is 11.1 Å². The van der Waals surface area contributed by atoms with Crippen LogP contribution in [-0.2, 0) is 16.1 Å². The molecule has 1 saturated heterocycles. The van der Waals surface area contributed by atoms with E-state index in [0.29, 0.717) is 29.9 Å². The zero-order valence-corrected chi connectivity index (χ0v) is 14.7. The van der Waals surface area contributed by atoms with Gasteiger partial charge in [0.1, 0.15) is 17.5 Å². The van der Waals surface area contributed by atoms with E-state index in [0.717, 1.165) is 38.4 Å². The molecular formula is C17H24N4O4. The van der Waals surface area contributed by atoms with Crippen molar-refractivity contribution >= 4 is 17.0 Å². The number of rotatable bonds is 6. The van der Waals surface area contributed by atoms with Crippen molar-refractivity contribution in [2.24, 2.45) is 0 Å². The molecule has 1 amide bonds. The van der Waals surface area contributed by atoms with E-state index in [1.165, 1.54) is 10.9 Å². The summed E-state index contributed by atoms with van der Waals surface area (Å²) in [5, 5.41) is 3.39. The zero-order valence-electron chi connectivity index (χ0n) is 14.7. The molecule has 2 aromatic heterocycles. The van der Waals surface area contributed by atoms with E-state index < -0.39 is 0 Å². The Morgan fingerprint density at radius 3 is 2.80 bits per heavy atom. The number of ether oxygens (including phenoxy) is 1. The predicted molar refractivity (Wildman–Crippen MR) is 92.6 cm³/mol. The van der Waals surface area contributed by atoms with Crippen LogP contribution in [0, 0.1) is 13.8 Å². The molecule has 0 radical (unpaired) electrons. The molecule has 0 saturated carbocycles. The molecule has 3 heterocycles. The van der Waals surface area contributed by atoms with E-state index in [1.54, 1.807) is 0 Å². The number of carbonyl (C=O) groups is 1. The summed E-state index contributed by atoms with van der Waals surface area (Å²) in [6, 6.07) is 0. The van der Waals surface area contributed by atoms with Crippen molar-refractivity contribution in [3.8, 4) is 0 Å². The fraction of sp³-hybridized carbons (Fsp3) is 0.588. The third kappa shape index (κ3) is 4.08. The van der Waals surface area contributed by atoms with E-state index in [9.17, 15) is 9.59 Å². The fourth-order valence-corrected chi connectivity index (χ4v) is 2.92. The van der Waals surface area contributed by atoms with Crippen LogP contribution in [0.2, 0.25) is 0 Å².